The van der Waals surface area contributed by atoms with Gasteiger partial charge in [-0.1, -0.05) is 200 Å². The first-order chi connectivity index (χ1) is 29.6. The molecule has 0 saturated heterocycles. The maximum absolute atomic E-state index is 15.4. The number of rotatable bonds is 7. The second-order valence-electron chi connectivity index (χ2n) is 15.1. The van der Waals surface area contributed by atoms with E-state index in [9.17, 15) is 0 Å². The van der Waals surface area contributed by atoms with Gasteiger partial charge in [0.05, 0.1) is 33.6 Å². The van der Waals surface area contributed by atoms with Gasteiger partial charge in [-0.25, -0.2) is 15.0 Å². The molecule has 0 spiro atoms. The normalized spacial score (nSPS) is 11.7. The van der Waals surface area contributed by atoms with Crippen LogP contribution in [0.5, 0.6) is 0 Å². The first-order valence-corrected chi connectivity index (χ1v) is 21.8. The van der Waals surface area contributed by atoms with E-state index in [1.54, 1.807) is 0 Å². The number of hydrogen-bond acceptors (Lipinski definition) is 4. The lowest BCUT2D eigenvalue weighted by atomic mass is 9.91. The highest BCUT2D eigenvalue weighted by Crippen LogP contribution is 2.46. The number of pyridine rings is 1. The van der Waals surface area contributed by atoms with Crippen LogP contribution < -0.4 is 15.9 Å². The molecule has 0 unspecified atom stereocenters. The Morgan fingerprint density at radius 1 is 0.333 bits per heavy atom. The Morgan fingerprint density at radius 3 is 1.48 bits per heavy atom. The molecule has 11 aromatic rings. The van der Waals surface area contributed by atoms with Gasteiger partial charge >= 0.3 is 0 Å². The van der Waals surface area contributed by atoms with Crippen molar-refractivity contribution >= 4 is 66.5 Å². The minimum Gasteiger partial charge on any atom is -0.309 e. The fraction of sp³-hybridized carbons (Fsp3) is 0. The lowest BCUT2D eigenvalue weighted by Crippen LogP contribution is -2.24. The highest BCUT2D eigenvalue weighted by atomic mass is 31.2. The molecule has 282 valence electrons. The van der Waals surface area contributed by atoms with Gasteiger partial charge in [-0.15, -0.1) is 0 Å². The fourth-order valence-electron chi connectivity index (χ4n) is 8.61. The standard InChI is InChI=1S/C55H36N3OP/c59-60(43-23-9-3-10-24-43,44-25-11-4-12-26-44)45-33-31-38(32-34-45)47-36-49-55(58-54(40-20-7-2-8-21-40)53(57-49)39-18-5-1-6-19-39)51-50(47)46-27-15-16-28-48(46)56-52(51)42-30-29-37-17-13-14-22-41(37)35-42/h1-36H. The Bertz CT molecular complexity index is 3390. The van der Waals surface area contributed by atoms with Crippen molar-refractivity contribution in [1.29, 1.82) is 0 Å². The van der Waals surface area contributed by atoms with Crippen LogP contribution in [-0.4, -0.2) is 15.0 Å². The fourth-order valence-corrected chi connectivity index (χ4v) is 11.3. The number of nitrogens with zero attached hydrogens (tertiary/aromatic N) is 3. The zero-order valence-corrected chi connectivity index (χ0v) is 33.4. The van der Waals surface area contributed by atoms with Crippen LogP contribution in [0.4, 0.5) is 0 Å². The smallest absolute Gasteiger partial charge is 0.171 e. The van der Waals surface area contributed by atoms with Gasteiger partial charge in [0.2, 0.25) is 0 Å². The Morgan fingerprint density at radius 2 is 0.833 bits per heavy atom. The minimum absolute atomic E-state index is 0.762. The molecule has 11 rings (SSSR count). The van der Waals surface area contributed by atoms with Crippen LogP contribution in [0.1, 0.15) is 0 Å². The van der Waals surface area contributed by atoms with E-state index < -0.39 is 7.14 Å². The summed E-state index contributed by atoms with van der Waals surface area (Å²) in [5.41, 5.74) is 9.85. The Labute approximate surface area is 347 Å². The average Bonchev–Trinajstić information content (AvgIpc) is 3.33. The molecule has 0 N–H and O–H groups in total. The maximum atomic E-state index is 15.4. The molecule has 0 aliphatic rings. The predicted molar refractivity (Wildman–Crippen MR) is 251 cm³/mol. The Kier molecular flexibility index (Phi) is 8.73. The quantitative estimate of drug-likeness (QED) is 0.119. The van der Waals surface area contributed by atoms with Gasteiger partial charge in [-0.2, -0.15) is 0 Å². The molecule has 0 atom stereocenters. The SMILES string of the molecule is O=P(c1ccccc1)(c1ccccc1)c1ccc(-c2cc3nc(-c4ccccc4)c(-c4ccccc4)nc3c3c(-c4ccc5ccccc5c4)nc4ccccc4c23)cc1. The van der Waals surface area contributed by atoms with Gasteiger partial charge in [-0.3, -0.25) is 0 Å². The van der Waals surface area contributed by atoms with E-state index >= 15 is 4.57 Å². The first-order valence-electron chi connectivity index (χ1n) is 20.1. The van der Waals surface area contributed by atoms with Crippen LogP contribution in [-0.2, 0) is 4.57 Å². The Balaban J connectivity index is 1.24. The van der Waals surface area contributed by atoms with Gasteiger partial charge < -0.3 is 4.57 Å². The Hall–Kier alpha value is -7.52. The van der Waals surface area contributed by atoms with E-state index in [4.69, 9.17) is 15.0 Å². The van der Waals surface area contributed by atoms with E-state index in [-0.39, 0.29) is 0 Å². The summed E-state index contributed by atoms with van der Waals surface area (Å²) >= 11 is 0. The van der Waals surface area contributed by atoms with Crippen LogP contribution in [0, 0.1) is 0 Å². The summed E-state index contributed by atoms with van der Waals surface area (Å²) in [6, 6.07) is 74.1. The first kappa shape index (κ1) is 35.6. The van der Waals surface area contributed by atoms with Gasteiger partial charge in [0.1, 0.15) is 0 Å². The molecule has 9 aromatic carbocycles. The average molecular weight is 786 g/mol. The molecular formula is C55H36N3OP. The van der Waals surface area contributed by atoms with Crippen LogP contribution in [0.25, 0.3) is 88.4 Å². The summed E-state index contributed by atoms with van der Waals surface area (Å²) in [6.45, 7) is 0. The molecule has 60 heavy (non-hydrogen) atoms. The van der Waals surface area contributed by atoms with Crippen molar-refractivity contribution in [2.45, 2.75) is 0 Å². The molecule has 0 amide bonds. The summed E-state index contributed by atoms with van der Waals surface area (Å²) in [5, 5.41) is 7.67. The number of hydrogen-bond donors (Lipinski definition) is 0. The molecule has 0 fully saturated rings. The van der Waals surface area contributed by atoms with E-state index in [1.165, 1.54) is 5.39 Å². The van der Waals surface area contributed by atoms with Crippen LogP contribution in [0.2, 0.25) is 0 Å². The second-order valence-corrected chi connectivity index (χ2v) is 17.8. The van der Waals surface area contributed by atoms with Crippen molar-refractivity contribution in [2.75, 3.05) is 0 Å². The monoisotopic (exact) mass is 785 g/mol. The summed E-state index contributed by atoms with van der Waals surface area (Å²) in [6.07, 6.45) is 0. The summed E-state index contributed by atoms with van der Waals surface area (Å²) in [4.78, 5) is 16.6. The van der Waals surface area contributed by atoms with E-state index in [1.807, 2.05) is 115 Å². The van der Waals surface area contributed by atoms with Crippen molar-refractivity contribution in [1.82, 2.24) is 15.0 Å². The maximum Gasteiger partial charge on any atom is 0.171 e. The largest absolute Gasteiger partial charge is 0.309 e. The second kappa shape index (κ2) is 14.7. The number of benzene rings is 9. The number of para-hydroxylation sites is 1. The third-order valence-electron chi connectivity index (χ3n) is 11.5. The summed E-state index contributed by atoms with van der Waals surface area (Å²) in [7, 11) is -3.19. The highest BCUT2D eigenvalue weighted by Gasteiger charge is 2.30. The van der Waals surface area contributed by atoms with Gasteiger partial charge in [0, 0.05) is 48.8 Å². The van der Waals surface area contributed by atoms with Crippen molar-refractivity contribution in [2.24, 2.45) is 0 Å². The molecule has 5 heteroatoms. The van der Waals surface area contributed by atoms with Crippen LogP contribution >= 0.6 is 7.14 Å². The van der Waals surface area contributed by atoms with Gasteiger partial charge in [0.15, 0.2) is 7.14 Å². The molecule has 0 aliphatic heterocycles. The summed E-state index contributed by atoms with van der Waals surface area (Å²) in [5.74, 6) is 0. The predicted octanol–water partition coefficient (Wildman–Crippen LogP) is 12.8. The number of fused-ring (bicyclic) bond motifs is 6. The van der Waals surface area contributed by atoms with Crippen LogP contribution in [0.3, 0.4) is 0 Å². The molecule has 2 aromatic heterocycles. The van der Waals surface area contributed by atoms with Gasteiger partial charge in [-0.05, 0) is 40.1 Å². The van der Waals surface area contributed by atoms with Crippen molar-refractivity contribution in [3.63, 3.8) is 0 Å². The van der Waals surface area contributed by atoms with Crippen molar-refractivity contribution in [3.8, 4) is 44.9 Å². The summed E-state index contributed by atoms with van der Waals surface area (Å²) < 4.78 is 15.4. The third-order valence-corrected chi connectivity index (χ3v) is 14.6. The van der Waals surface area contributed by atoms with Crippen molar-refractivity contribution in [3.05, 3.63) is 218 Å². The van der Waals surface area contributed by atoms with Crippen LogP contribution in [0.15, 0.2) is 218 Å². The molecule has 0 bridgehead atoms. The van der Waals surface area contributed by atoms with E-state index in [2.05, 4.69) is 103 Å². The third kappa shape index (κ3) is 6.00. The molecule has 0 saturated carbocycles. The highest BCUT2D eigenvalue weighted by molar-refractivity contribution is 7.85. The molecule has 0 aliphatic carbocycles. The molecule has 4 nitrogen and oxygen atoms in total. The number of aromatic nitrogens is 3. The van der Waals surface area contributed by atoms with Gasteiger partial charge in [0.25, 0.3) is 0 Å². The topological polar surface area (TPSA) is 55.7 Å². The minimum atomic E-state index is -3.19. The zero-order chi connectivity index (χ0) is 40.0. The molecule has 2 heterocycles. The van der Waals surface area contributed by atoms with Crippen molar-refractivity contribution < 1.29 is 4.57 Å². The lowest BCUT2D eigenvalue weighted by Gasteiger charge is -2.21. The molecule has 0 radical (unpaired) electrons. The van der Waals surface area contributed by atoms with E-state index in [0.29, 0.717) is 0 Å². The lowest BCUT2D eigenvalue weighted by molar-refractivity contribution is 0.592. The molecular weight excluding hydrogens is 750 g/mol. The zero-order valence-electron chi connectivity index (χ0n) is 32.5. The van der Waals surface area contributed by atoms with E-state index in [0.717, 1.165) is 98.9 Å².